The van der Waals surface area contributed by atoms with Crippen molar-refractivity contribution in [1.82, 2.24) is 24.4 Å². The van der Waals surface area contributed by atoms with Crippen molar-refractivity contribution in [1.29, 1.82) is 0 Å². The van der Waals surface area contributed by atoms with E-state index in [9.17, 15) is 19.0 Å². The molecule has 0 aliphatic heterocycles. The average molecular weight is 591 g/mol. The summed E-state index contributed by atoms with van der Waals surface area (Å²) in [7, 11) is -1.35. The molecule has 0 saturated heterocycles. The summed E-state index contributed by atoms with van der Waals surface area (Å²) in [5, 5.41) is 3.55. The number of hydrogen-bond acceptors (Lipinski definition) is 11. The molecule has 1 fully saturated rings. The molecule has 1 unspecified atom stereocenters. The van der Waals surface area contributed by atoms with E-state index < -0.39 is 44.8 Å². The van der Waals surface area contributed by atoms with Gasteiger partial charge in [0.2, 0.25) is 18.0 Å². The number of methoxy groups -OCH3 is 1. The molecule has 39 heavy (non-hydrogen) atoms. The summed E-state index contributed by atoms with van der Waals surface area (Å²) in [5.74, 6) is -0.0231. The van der Waals surface area contributed by atoms with Gasteiger partial charge in [-0.15, -0.1) is 0 Å². The minimum absolute atomic E-state index is 0.122. The molecule has 0 aromatic carbocycles. The van der Waals surface area contributed by atoms with E-state index in [0.717, 1.165) is 12.8 Å². The number of nitrogens with one attached hydrogen (secondary N) is 1. The highest BCUT2D eigenvalue weighted by atomic mass is 35.5. The normalized spacial score (nSPS) is 16.3. The van der Waals surface area contributed by atoms with Crippen molar-refractivity contribution in [2.45, 2.75) is 70.7 Å². The van der Waals surface area contributed by atoms with Crippen LogP contribution >= 0.6 is 19.2 Å². The second-order valence-corrected chi connectivity index (χ2v) is 11.8. The molecule has 0 radical (unpaired) electrons. The monoisotopic (exact) mass is 590 g/mol. The lowest BCUT2D eigenvalue weighted by molar-refractivity contribution is -0.129. The highest BCUT2D eigenvalue weighted by Gasteiger charge is 2.28. The van der Waals surface area contributed by atoms with Crippen molar-refractivity contribution in [3.05, 3.63) is 11.6 Å². The topological polar surface area (TPSA) is 167 Å². The van der Waals surface area contributed by atoms with Crippen LogP contribution in [-0.2, 0) is 34.6 Å². The SMILES string of the molecule is CO[C@@H](CCn1cnc2c(NC3CCCC3)nc(Cl)nc21)CN(C)C(=O)CP(=O)(O)OCOC(=O)OC(C)C. The molecule has 0 spiro atoms. The number of carbonyl (C=O) groups is 2. The van der Waals surface area contributed by atoms with Gasteiger partial charge in [-0.1, -0.05) is 12.8 Å². The van der Waals surface area contributed by atoms with Gasteiger partial charge in [-0.2, -0.15) is 9.97 Å². The molecule has 218 valence electrons. The Bertz CT molecular complexity index is 1170. The molecule has 1 amide bonds. The van der Waals surface area contributed by atoms with Crippen molar-refractivity contribution in [2.24, 2.45) is 0 Å². The Kier molecular flexibility index (Phi) is 11.3. The summed E-state index contributed by atoms with van der Waals surface area (Å²) in [5.41, 5.74) is 1.22. The number of anilines is 1. The Morgan fingerprint density at radius 3 is 2.69 bits per heavy atom. The minimum Gasteiger partial charge on any atom is -0.432 e. The number of imidazole rings is 1. The van der Waals surface area contributed by atoms with Gasteiger partial charge in [0.05, 0.1) is 18.5 Å². The molecule has 16 heteroatoms. The number of likely N-dealkylation sites (N-methyl/N-ethyl adjacent to an activating group) is 1. The third-order valence-electron chi connectivity index (χ3n) is 6.16. The molecule has 2 aromatic heterocycles. The highest BCUT2D eigenvalue weighted by molar-refractivity contribution is 7.53. The first-order chi connectivity index (χ1) is 18.5. The van der Waals surface area contributed by atoms with E-state index in [1.165, 1.54) is 31.9 Å². The maximum absolute atomic E-state index is 12.5. The summed E-state index contributed by atoms with van der Waals surface area (Å²) in [4.78, 5) is 48.3. The number of ether oxygens (including phenoxy) is 3. The van der Waals surface area contributed by atoms with Gasteiger partial charge in [-0.25, -0.2) is 9.78 Å². The summed E-state index contributed by atoms with van der Waals surface area (Å²) in [6.45, 7) is 3.05. The summed E-state index contributed by atoms with van der Waals surface area (Å²) in [6, 6.07) is 0.337. The molecular weight excluding hydrogens is 555 g/mol. The van der Waals surface area contributed by atoms with E-state index in [0.29, 0.717) is 36.0 Å². The van der Waals surface area contributed by atoms with E-state index in [1.54, 1.807) is 20.2 Å². The van der Waals surface area contributed by atoms with E-state index in [1.807, 2.05) is 4.57 Å². The number of hydrogen-bond donors (Lipinski definition) is 2. The Morgan fingerprint density at radius 1 is 1.31 bits per heavy atom. The first-order valence-electron chi connectivity index (χ1n) is 12.7. The summed E-state index contributed by atoms with van der Waals surface area (Å²) >= 11 is 6.20. The van der Waals surface area contributed by atoms with Crippen LogP contribution in [-0.4, -0.2) is 93.3 Å². The van der Waals surface area contributed by atoms with Crippen LogP contribution in [0.15, 0.2) is 6.33 Å². The fraction of sp³-hybridized carbons (Fsp3) is 0.696. The predicted molar refractivity (Wildman–Crippen MR) is 143 cm³/mol. The largest absolute Gasteiger partial charge is 0.510 e. The van der Waals surface area contributed by atoms with Gasteiger partial charge >= 0.3 is 13.8 Å². The first kappa shape index (κ1) is 31.0. The van der Waals surface area contributed by atoms with Gasteiger partial charge in [0.1, 0.15) is 6.16 Å². The number of aromatic nitrogens is 4. The predicted octanol–water partition coefficient (Wildman–Crippen LogP) is 3.42. The fourth-order valence-electron chi connectivity index (χ4n) is 4.14. The van der Waals surface area contributed by atoms with Crippen LogP contribution in [0.3, 0.4) is 0 Å². The second kappa shape index (κ2) is 14.2. The Labute approximate surface area is 231 Å². The van der Waals surface area contributed by atoms with Gasteiger partial charge in [0.15, 0.2) is 17.0 Å². The third kappa shape index (κ3) is 9.57. The standard InChI is InChI=1S/C23H36ClN6O8P/c1-15(2)38-23(32)36-14-37-39(33,34)12-18(31)29(3)11-17(35-4)9-10-30-13-25-19-20(26-16-7-5-6-8-16)27-22(24)28-21(19)30/h13,15-17H,5-12,14H2,1-4H3,(H,33,34)(H,26,27,28)/t17-/m0/s1. The molecule has 1 saturated carbocycles. The van der Waals surface area contributed by atoms with Gasteiger partial charge < -0.3 is 33.9 Å². The van der Waals surface area contributed by atoms with Crippen molar-refractivity contribution in [3.63, 3.8) is 0 Å². The van der Waals surface area contributed by atoms with E-state index in [2.05, 4.69) is 25.0 Å². The van der Waals surface area contributed by atoms with Crippen molar-refractivity contribution in [3.8, 4) is 0 Å². The van der Waals surface area contributed by atoms with Crippen molar-refractivity contribution < 1.29 is 37.8 Å². The summed E-state index contributed by atoms with van der Waals surface area (Å²) in [6.07, 6.45) is 4.01. The third-order valence-corrected chi connectivity index (χ3v) is 7.51. The first-order valence-corrected chi connectivity index (χ1v) is 14.8. The zero-order chi connectivity index (χ0) is 28.6. The minimum atomic E-state index is -4.36. The number of aryl methyl sites for hydroxylation is 1. The number of rotatable bonds is 14. The Balaban J connectivity index is 1.52. The number of halogens is 1. The number of fused-ring (bicyclic) bond motifs is 1. The van der Waals surface area contributed by atoms with Gasteiger partial charge in [0, 0.05) is 33.3 Å². The quantitative estimate of drug-likeness (QED) is 0.143. The van der Waals surface area contributed by atoms with Crippen LogP contribution < -0.4 is 5.32 Å². The van der Waals surface area contributed by atoms with E-state index in [4.69, 9.17) is 25.6 Å². The van der Waals surface area contributed by atoms with Crippen LogP contribution in [0, 0.1) is 0 Å². The average Bonchev–Trinajstić information content (AvgIpc) is 3.50. The lowest BCUT2D eigenvalue weighted by Crippen LogP contribution is -2.37. The molecule has 2 atom stereocenters. The molecule has 1 aliphatic rings. The Hall–Kier alpha value is -2.51. The number of nitrogens with zero attached hydrogens (tertiary/aromatic N) is 5. The van der Waals surface area contributed by atoms with Gasteiger partial charge in [-0.3, -0.25) is 13.9 Å². The van der Waals surface area contributed by atoms with Crippen LogP contribution in [0.25, 0.3) is 11.2 Å². The zero-order valence-electron chi connectivity index (χ0n) is 22.5. The fourth-order valence-corrected chi connectivity index (χ4v) is 5.20. The van der Waals surface area contributed by atoms with E-state index in [-0.39, 0.29) is 11.8 Å². The van der Waals surface area contributed by atoms with Crippen LogP contribution in [0.1, 0.15) is 46.0 Å². The lowest BCUT2D eigenvalue weighted by Gasteiger charge is -2.24. The van der Waals surface area contributed by atoms with Gasteiger partial charge in [0.25, 0.3) is 0 Å². The molecule has 2 N–H and O–H groups in total. The van der Waals surface area contributed by atoms with Crippen molar-refractivity contribution >= 4 is 48.2 Å². The molecule has 2 heterocycles. The Morgan fingerprint density at radius 2 is 2.03 bits per heavy atom. The lowest BCUT2D eigenvalue weighted by atomic mass is 10.2. The highest BCUT2D eigenvalue weighted by Crippen LogP contribution is 2.41. The molecular formula is C23H36ClN6O8P. The number of amides is 1. The summed E-state index contributed by atoms with van der Waals surface area (Å²) < 4.78 is 33.6. The molecule has 0 bridgehead atoms. The second-order valence-electron chi connectivity index (χ2n) is 9.60. The maximum atomic E-state index is 12.5. The van der Waals surface area contributed by atoms with Crippen molar-refractivity contribution in [2.75, 3.05) is 39.0 Å². The van der Waals surface area contributed by atoms with Crippen LogP contribution in [0.2, 0.25) is 5.28 Å². The molecule has 2 aromatic rings. The maximum Gasteiger partial charge on any atom is 0.510 e. The van der Waals surface area contributed by atoms with E-state index >= 15 is 0 Å². The van der Waals surface area contributed by atoms with Gasteiger partial charge in [-0.05, 0) is 44.7 Å². The molecule has 14 nitrogen and oxygen atoms in total. The number of carbonyl (C=O) groups excluding carboxylic acids is 2. The molecule has 1 aliphatic carbocycles. The smallest absolute Gasteiger partial charge is 0.432 e. The molecule has 3 rings (SSSR count). The zero-order valence-corrected chi connectivity index (χ0v) is 24.2. The van der Waals surface area contributed by atoms with Crippen LogP contribution in [0.4, 0.5) is 10.6 Å². The van der Waals surface area contributed by atoms with Crippen LogP contribution in [0.5, 0.6) is 0 Å².